The van der Waals surface area contributed by atoms with Gasteiger partial charge in [0, 0.05) is 5.02 Å². The highest BCUT2D eigenvalue weighted by molar-refractivity contribution is 6.31. The summed E-state index contributed by atoms with van der Waals surface area (Å²) in [5.74, 6) is 0.736. The average Bonchev–Trinajstić information content (AvgIpc) is 2.83. The van der Waals surface area contributed by atoms with Crippen molar-refractivity contribution < 1.29 is 0 Å². The molecule has 17 heavy (non-hydrogen) atoms. The predicted molar refractivity (Wildman–Crippen MR) is 71.1 cm³/mol. The maximum Gasteiger partial charge on any atom is 0.0700 e. The Kier molecular flexibility index (Phi) is 4.07. The van der Waals surface area contributed by atoms with Gasteiger partial charge in [0.05, 0.1) is 12.0 Å². The quantitative estimate of drug-likeness (QED) is 0.760. The molecule has 0 N–H and O–H groups in total. The molecule has 1 aromatic carbocycles. The van der Waals surface area contributed by atoms with Crippen LogP contribution >= 0.6 is 11.6 Å². The van der Waals surface area contributed by atoms with Crippen LogP contribution in [0.1, 0.15) is 49.7 Å². The van der Waals surface area contributed by atoms with E-state index in [-0.39, 0.29) is 5.92 Å². The van der Waals surface area contributed by atoms with Crippen LogP contribution in [-0.2, 0) is 6.42 Å². The van der Waals surface area contributed by atoms with Crippen LogP contribution in [-0.4, -0.2) is 0 Å². The fourth-order valence-electron chi connectivity index (χ4n) is 2.60. The van der Waals surface area contributed by atoms with E-state index in [1.165, 1.54) is 31.2 Å². The largest absolute Gasteiger partial charge is 0.198 e. The van der Waals surface area contributed by atoms with Gasteiger partial charge in [-0.2, -0.15) is 5.26 Å². The molecule has 0 bridgehead atoms. The van der Waals surface area contributed by atoms with Crippen molar-refractivity contribution in [3.05, 3.63) is 34.3 Å². The van der Waals surface area contributed by atoms with E-state index in [4.69, 9.17) is 16.9 Å². The molecular formula is C15H18ClN. The van der Waals surface area contributed by atoms with Crippen LogP contribution in [0.15, 0.2) is 18.2 Å². The normalized spacial score (nSPS) is 17.9. The summed E-state index contributed by atoms with van der Waals surface area (Å²) in [7, 11) is 0. The average molecular weight is 248 g/mol. The third kappa shape index (κ3) is 3.01. The molecule has 0 amide bonds. The molecule has 1 fully saturated rings. The smallest absolute Gasteiger partial charge is 0.0700 e. The van der Waals surface area contributed by atoms with Gasteiger partial charge in [0.25, 0.3) is 0 Å². The number of nitrogens with zero attached hydrogens (tertiary/aromatic N) is 1. The minimum absolute atomic E-state index is 0.0759. The second kappa shape index (κ2) is 5.56. The lowest BCUT2D eigenvalue weighted by Gasteiger charge is -2.12. The molecule has 1 aliphatic carbocycles. The monoisotopic (exact) mass is 247 g/mol. The first-order valence-electron chi connectivity index (χ1n) is 6.38. The molecule has 0 radical (unpaired) electrons. The van der Waals surface area contributed by atoms with Crippen LogP contribution in [0, 0.1) is 17.2 Å². The van der Waals surface area contributed by atoms with Gasteiger partial charge in [-0.25, -0.2) is 0 Å². The Hall–Kier alpha value is -1.00. The molecule has 2 rings (SSSR count). The summed E-state index contributed by atoms with van der Waals surface area (Å²) in [5, 5.41) is 9.72. The van der Waals surface area contributed by atoms with E-state index >= 15 is 0 Å². The summed E-state index contributed by atoms with van der Waals surface area (Å²) in [6.45, 7) is 1.91. The van der Waals surface area contributed by atoms with Crippen molar-refractivity contribution in [1.29, 1.82) is 5.26 Å². The van der Waals surface area contributed by atoms with Crippen molar-refractivity contribution >= 4 is 11.6 Å². The lowest BCUT2D eigenvalue weighted by atomic mass is 9.95. The molecule has 1 aromatic rings. The molecule has 0 aliphatic heterocycles. The van der Waals surface area contributed by atoms with E-state index in [1.54, 1.807) is 0 Å². The second-order valence-corrected chi connectivity index (χ2v) is 5.46. The van der Waals surface area contributed by atoms with Crippen LogP contribution in [0.2, 0.25) is 5.02 Å². The summed E-state index contributed by atoms with van der Waals surface area (Å²) in [4.78, 5) is 0. The molecular weight excluding hydrogens is 230 g/mol. The highest BCUT2D eigenvalue weighted by Gasteiger charge is 2.17. The second-order valence-electron chi connectivity index (χ2n) is 5.06. The molecule has 2 heteroatoms. The molecule has 0 saturated heterocycles. The predicted octanol–water partition coefficient (Wildman–Crippen LogP) is 4.70. The maximum absolute atomic E-state index is 8.89. The van der Waals surface area contributed by atoms with E-state index in [0.717, 1.165) is 22.9 Å². The van der Waals surface area contributed by atoms with Gasteiger partial charge in [0.2, 0.25) is 0 Å². The number of rotatable bonds is 3. The Bertz CT molecular complexity index is 427. The summed E-state index contributed by atoms with van der Waals surface area (Å²) < 4.78 is 0. The number of hydrogen-bond donors (Lipinski definition) is 0. The van der Waals surface area contributed by atoms with Crippen molar-refractivity contribution in [2.45, 2.75) is 44.9 Å². The molecule has 1 saturated carbocycles. The molecule has 90 valence electrons. The number of halogens is 1. The van der Waals surface area contributed by atoms with Crippen molar-refractivity contribution in [2.24, 2.45) is 5.92 Å². The number of benzene rings is 1. The van der Waals surface area contributed by atoms with Crippen LogP contribution in [0.4, 0.5) is 0 Å². The minimum Gasteiger partial charge on any atom is -0.198 e. The Labute approximate surface area is 108 Å². The minimum atomic E-state index is -0.0759. The fourth-order valence-corrected chi connectivity index (χ4v) is 2.86. The zero-order chi connectivity index (χ0) is 12.3. The maximum atomic E-state index is 8.89. The number of nitriles is 1. The first-order chi connectivity index (χ1) is 8.20. The Morgan fingerprint density at radius 1 is 1.41 bits per heavy atom. The Balaban J connectivity index is 2.11. The van der Waals surface area contributed by atoms with Crippen molar-refractivity contribution in [1.82, 2.24) is 0 Å². The van der Waals surface area contributed by atoms with Crippen molar-refractivity contribution in [3.8, 4) is 6.07 Å². The Morgan fingerprint density at radius 3 is 2.71 bits per heavy atom. The summed E-state index contributed by atoms with van der Waals surface area (Å²) in [5.41, 5.74) is 2.26. The molecule has 1 aliphatic rings. The van der Waals surface area contributed by atoms with Gasteiger partial charge in [-0.05, 0) is 36.5 Å². The van der Waals surface area contributed by atoms with E-state index < -0.39 is 0 Å². The van der Waals surface area contributed by atoms with E-state index in [1.807, 2.05) is 19.1 Å². The molecule has 1 atom stereocenters. The van der Waals surface area contributed by atoms with Gasteiger partial charge < -0.3 is 0 Å². The topological polar surface area (TPSA) is 23.8 Å². The molecule has 0 spiro atoms. The van der Waals surface area contributed by atoms with Crippen molar-refractivity contribution in [2.75, 3.05) is 0 Å². The summed E-state index contributed by atoms with van der Waals surface area (Å²) >= 11 is 6.30. The lowest BCUT2D eigenvalue weighted by Crippen LogP contribution is -2.00. The SMILES string of the molecule is CC(C#N)c1ccc(CC2CCCC2)c(Cl)c1. The van der Waals surface area contributed by atoms with Crippen LogP contribution in [0.5, 0.6) is 0 Å². The third-order valence-corrected chi connectivity index (χ3v) is 4.11. The standard InChI is InChI=1S/C15H18ClN/c1-11(10-17)13-6-7-14(15(16)9-13)8-12-4-2-3-5-12/h6-7,9,11-12H,2-5,8H2,1H3. The van der Waals surface area contributed by atoms with Gasteiger partial charge in [0.1, 0.15) is 0 Å². The van der Waals surface area contributed by atoms with Crippen molar-refractivity contribution in [3.63, 3.8) is 0 Å². The lowest BCUT2D eigenvalue weighted by molar-refractivity contribution is 0.546. The van der Waals surface area contributed by atoms with Crippen LogP contribution in [0.3, 0.4) is 0 Å². The van der Waals surface area contributed by atoms with Crippen LogP contribution in [0.25, 0.3) is 0 Å². The summed E-state index contributed by atoms with van der Waals surface area (Å²) in [6, 6.07) is 8.35. The van der Waals surface area contributed by atoms with Gasteiger partial charge in [-0.3, -0.25) is 0 Å². The van der Waals surface area contributed by atoms with Gasteiger partial charge in [0.15, 0.2) is 0 Å². The Morgan fingerprint density at radius 2 is 2.12 bits per heavy atom. The van der Waals surface area contributed by atoms with Crippen LogP contribution < -0.4 is 0 Å². The van der Waals surface area contributed by atoms with Gasteiger partial charge in [-0.15, -0.1) is 0 Å². The van der Waals surface area contributed by atoms with E-state index in [0.29, 0.717) is 0 Å². The first kappa shape index (κ1) is 12.5. The zero-order valence-electron chi connectivity index (χ0n) is 10.2. The molecule has 0 aromatic heterocycles. The molecule has 1 nitrogen and oxygen atoms in total. The zero-order valence-corrected chi connectivity index (χ0v) is 11.0. The summed E-state index contributed by atoms with van der Waals surface area (Å²) in [6.07, 6.45) is 6.51. The molecule has 0 heterocycles. The van der Waals surface area contributed by atoms with E-state index in [2.05, 4.69) is 12.1 Å². The fraction of sp³-hybridized carbons (Fsp3) is 0.533. The highest BCUT2D eigenvalue weighted by atomic mass is 35.5. The highest BCUT2D eigenvalue weighted by Crippen LogP contribution is 2.31. The third-order valence-electron chi connectivity index (χ3n) is 3.75. The van der Waals surface area contributed by atoms with Gasteiger partial charge in [-0.1, -0.05) is 49.4 Å². The number of hydrogen-bond acceptors (Lipinski definition) is 1. The van der Waals surface area contributed by atoms with E-state index in [9.17, 15) is 0 Å². The van der Waals surface area contributed by atoms with Gasteiger partial charge >= 0.3 is 0 Å². The molecule has 1 unspecified atom stereocenters. The first-order valence-corrected chi connectivity index (χ1v) is 6.76.